The van der Waals surface area contributed by atoms with E-state index in [4.69, 9.17) is 0 Å². The van der Waals surface area contributed by atoms with Crippen LogP contribution in [0, 0.1) is 6.42 Å². The van der Waals surface area contributed by atoms with Crippen molar-refractivity contribution >= 4 is 5.69 Å². The minimum atomic E-state index is 0. The Morgan fingerprint density at radius 2 is 1.85 bits per heavy atom. The van der Waals surface area contributed by atoms with Crippen LogP contribution < -0.4 is 5.32 Å². The minimum Gasteiger partial charge on any atom is -0.378 e. The molecule has 0 spiro atoms. The summed E-state index contributed by atoms with van der Waals surface area (Å²) in [7, 11) is 0. The van der Waals surface area contributed by atoms with E-state index >= 15 is 0 Å². The molecule has 0 saturated carbocycles. The van der Waals surface area contributed by atoms with Gasteiger partial charge in [0.15, 0.2) is 0 Å². The van der Waals surface area contributed by atoms with Crippen LogP contribution >= 0.6 is 0 Å². The summed E-state index contributed by atoms with van der Waals surface area (Å²) in [5.41, 5.74) is 1.16. The third-order valence-electron chi connectivity index (χ3n) is 1.97. The first-order valence-electron chi connectivity index (χ1n) is 4.45. The number of hydrogen-bond acceptors (Lipinski definition) is 1. The van der Waals surface area contributed by atoms with Gasteiger partial charge in [0.2, 0.25) is 0 Å². The van der Waals surface area contributed by atoms with Crippen LogP contribution in [0.2, 0.25) is 0 Å². The van der Waals surface area contributed by atoms with E-state index in [9.17, 15) is 0 Å². The molecule has 1 unspecified atom stereocenters. The molecule has 0 saturated heterocycles. The molecule has 13 heavy (non-hydrogen) atoms. The first-order valence-corrected chi connectivity index (χ1v) is 4.45. The molecular formula is C12H14N. The summed E-state index contributed by atoms with van der Waals surface area (Å²) in [6.45, 7) is 0. The molecule has 0 bridgehead atoms. The van der Waals surface area contributed by atoms with Gasteiger partial charge in [-0.2, -0.15) is 0 Å². The predicted molar refractivity (Wildman–Crippen MR) is 58.5 cm³/mol. The molecule has 1 N–H and O–H groups in total. The standard InChI is InChI=1S/C12H12N.H2/c1-3-7-11(8-4-1)13-12-9-5-2-6-10-12;/h1-11,13H;1H. The Labute approximate surface area is 80.3 Å². The highest BCUT2D eigenvalue weighted by Crippen LogP contribution is 2.11. The molecule has 0 amide bonds. The Bertz CT molecular complexity index is 316. The van der Waals surface area contributed by atoms with Crippen LogP contribution in [0.4, 0.5) is 5.69 Å². The number of allylic oxidation sites excluding steroid dienone is 2. The second-order valence-electron chi connectivity index (χ2n) is 3.00. The van der Waals surface area contributed by atoms with Gasteiger partial charge >= 0.3 is 0 Å². The fourth-order valence-corrected chi connectivity index (χ4v) is 1.32. The van der Waals surface area contributed by atoms with E-state index in [1.807, 2.05) is 24.3 Å². The van der Waals surface area contributed by atoms with Crippen LogP contribution in [-0.2, 0) is 0 Å². The first-order chi connectivity index (χ1) is 6.45. The highest BCUT2D eigenvalue weighted by molar-refractivity contribution is 5.46. The molecule has 1 heteroatoms. The van der Waals surface area contributed by atoms with Crippen molar-refractivity contribution in [3.05, 3.63) is 61.1 Å². The van der Waals surface area contributed by atoms with E-state index < -0.39 is 0 Å². The summed E-state index contributed by atoms with van der Waals surface area (Å²) < 4.78 is 0. The van der Waals surface area contributed by atoms with Gasteiger partial charge in [-0.25, -0.2) is 0 Å². The molecule has 0 aromatic heterocycles. The lowest BCUT2D eigenvalue weighted by Gasteiger charge is -2.15. The van der Waals surface area contributed by atoms with Gasteiger partial charge in [-0.1, -0.05) is 42.5 Å². The molecule has 1 aromatic carbocycles. The Hall–Kier alpha value is -1.50. The maximum Gasteiger partial charge on any atom is 0.0516 e. The van der Waals surface area contributed by atoms with E-state index in [0.717, 1.165) is 5.69 Å². The lowest BCUT2D eigenvalue weighted by molar-refractivity contribution is 1.04. The number of hydrogen-bond donors (Lipinski definition) is 1. The molecule has 1 nitrogen and oxygen atoms in total. The number of anilines is 1. The number of nitrogens with one attached hydrogen (secondary N) is 1. The molecule has 1 radical (unpaired) electrons. The zero-order valence-corrected chi connectivity index (χ0v) is 7.35. The van der Waals surface area contributed by atoms with Gasteiger partial charge in [-0.05, 0) is 12.1 Å². The molecular weight excluding hydrogens is 158 g/mol. The summed E-state index contributed by atoms with van der Waals surface area (Å²) in [5, 5.41) is 3.39. The van der Waals surface area contributed by atoms with Crippen molar-refractivity contribution in [1.82, 2.24) is 0 Å². The van der Waals surface area contributed by atoms with Crippen molar-refractivity contribution in [3.8, 4) is 0 Å². The van der Waals surface area contributed by atoms with Crippen LogP contribution in [0.25, 0.3) is 0 Å². The lowest BCUT2D eigenvalue weighted by atomic mass is 10.1. The van der Waals surface area contributed by atoms with E-state index in [1.165, 1.54) is 0 Å². The zero-order valence-electron chi connectivity index (χ0n) is 7.35. The van der Waals surface area contributed by atoms with Crippen molar-refractivity contribution in [1.29, 1.82) is 0 Å². The van der Waals surface area contributed by atoms with E-state index in [2.05, 4.69) is 42.1 Å². The maximum atomic E-state index is 3.39. The first kappa shape index (κ1) is 8.11. The summed E-state index contributed by atoms with van der Waals surface area (Å²) in [4.78, 5) is 0. The van der Waals surface area contributed by atoms with Gasteiger partial charge in [0.25, 0.3) is 0 Å². The average Bonchev–Trinajstić information content (AvgIpc) is 2.21. The molecule has 1 atom stereocenters. The molecule has 1 aliphatic rings. The molecule has 0 fully saturated rings. The molecule has 0 aliphatic heterocycles. The quantitative estimate of drug-likeness (QED) is 0.723. The van der Waals surface area contributed by atoms with Crippen LogP contribution in [0.3, 0.4) is 0 Å². The second-order valence-corrected chi connectivity index (χ2v) is 3.00. The predicted octanol–water partition coefficient (Wildman–Crippen LogP) is 3.04. The van der Waals surface area contributed by atoms with Gasteiger partial charge in [0.05, 0.1) is 6.04 Å². The third kappa shape index (κ3) is 2.22. The number of para-hydroxylation sites is 1. The monoisotopic (exact) mass is 172 g/mol. The normalized spacial score (nSPS) is 20.2. The Morgan fingerprint density at radius 3 is 2.54 bits per heavy atom. The fourth-order valence-electron chi connectivity index (χ4n) is 1.32. The van der Waals surface area contributed by atoms with Crippen molar-refractivity contribution in [2.45, 2.75) is 6.04 Å². The Kier molecular flexibility index (Phi) is 2.46. The molecule has 1 aromatic rings. The SMILES string of the molecule is [CH]1C=CC=CC1Nc1ccccc1.[HH]. The number of rotatable bonds is 2. The molecule has 0 heterocycles. The van der Waals surface area contributed by atoms with Crippen molar-refractivity contribution in [3.63, 3.8) is 0 Å². The topological polar surface area (TPSA) is 12.0 Å². The van der Waals surface area contributed by atoms with Gasteiger partial charge < -0.3 is 5.32 Å². The van der Waals surface area contributed by atoms with E-state index in [1.54, 1.807) is 0 Å². The summed E-state index contributed by atoms with van der Waals surface area (Å²) in [6.07, 6.45) is 10.4. The highest BCUT2D eigenvalue weighted by Gasteiger charge is 2.03. The van der Waals surface area contributed by atoms with Crippen LogP contribution in [-0.4, -0.2) is 6.04 Å². The lowest BCUT2D eigenvalue weighted by Crippen LogP contribution is -2.17. The van der Waals surface area contributed by atoms with Gasteiger partial charge in [-0.15, -0.1) is 0 Å². The maximum absolute atomic E-state index is 3.39. The summed E-state index contributed by atoms with van der Waals surface area (Å²) in [6, 6.07) is 10.5. The van der Waals surface area contributed by atoms with Crippen molar-refractivity contribution < 1.29 is 1.43 Å². The molecule has 67 valence electrons. The Balaban J connectivity index is 0.000000980. The van der Waals surface area contributed by atoms with Crippen LogP contribution in [0.5, 0.6) is 0 Å². The summed E-state index contributed by atoms with van der Waals surface area (Å²) >= 11 is 0. The number of benzene rings is 1. The highest BCUT2D eigenvalue weighted by atomic mass is 14.9. The zero-order chi connectivity index (χ0) is 8.93. The summed E-state index contributed by atoms with van der Waals surface area (Å²) in [5.74, 6) is 0. The average molecular weight is 172 g/mol. The van der Waals surface area contributed by atoms with Gasteiger partial charge in [0.1, 0.15) is 0 Å². The van der Waals surface area contributed by atoms with Gasteiger partial charge in [-0.3, -0.25) is 0 Å². The molecule has 2 rings (SSSR count). The fraction of sp³-hybridized carbons (Fsp3) is 0.0833. The third-order valence-corrected chi connectivity index (χ3v) is 1.97. The van der Waals surface area contributed by atoms with Gasteiger partial charge in [0, 0.05) is 13.5 Å². The molecule has 1 aliphatic carbocycles. The van der Waals surface area contributed by atoms with Crippen LogP contribution in [0.15, 0.2) is 54.6 Å². The van der Waals surface area contributed by atoms with Crippen LogP contribution in [0.1, 0.15) is 1.43 Å². The smallest absolute Gasteiger partial charge is 0.0516 e. The largest absolute Gasteiger partial charge is 0.378 e. The van der Waals surface area contributed by atoms with Crippen molar-refractivity contribution in [2.24, 2.45) is 0 Å². The Morgan fingerprint density at radius 1 is 1.00 bits per heavy atom. The van der Waals surface area contributed by atoms with E-state index in [0.29, 0.717) is 6.04 Å². The van der Waals surface area contributed by atoms with Crippen molar-refractivity contribution in [2.75, 3.05) is 5.32 Å². The van der Waals surface area contributed by atoms with E-state index in [-0.39, 0.29) is 1.43 Å². The minimum absolute atomic E-state index is 0. The second kappa shape index (κ2) is 3.94.